The summed E-state index contributed by atoms with van der Waals surface area (Å²) in [4.78, 5) is 32.2. The second-order valence-electron chi connectivity index (χ2n) is 7.43. The quantitative estimate of drug-likeness (QED) is 0.592. The zero-order chi connectivity index (χ0) is 19.7. The number of carbonyl (C=O) groups is 2. The maximum absolute atomic E-state index is 12.0. The second-order valence-corrected chi connectivity index (χ2v) is 7.43. The van der Waals surface area contributed by atoms with Gasteiger partial charge < -0.3 is 10.1 Å². The van der Waals surface area contributed by atoms with Gasteiger partial charge in [0.05, 0.1) is 0 Å². The lowest BCUT2D eigenvalue weighted by atomic mass is 9.89. The Hall–Kier alpha value is -2.18. The summed E-state index contributed by atoms with van der Waals surface area (Å²) in [7, 11) is 1.55. The number of amides is 2. The zero-order valence-corrected chi connectivity index (χ0v) is 16.8. The number of nitrogens with one attached hydrogen (secondary N) is 2. The van der Waals surface area contributed by atoms with Crippen LogP contribution in [0.2, 0.25) is 0 Å². The number of carbonyl (C=O) groups excluding carboxylic acids is 2. The molecule has 26 heavy (non-hydrogen) atoms. The monoisotopic (exact) mass is 364 g/mol. The van der Waals surface area contributed by atoms with Crippen molar-refractivity contribution in [1.82, 2.24) is 10.6 Å². The number of allylic oxidation sites excluding steroid dienone is 2. The van der Waals surface area contributed by atoms with E-state index in [1.165, 1.54) is 5.57 Å². The lowest BCUT2D eigenvalue weighted by Gasteiger charge is -2.22. The third-order valence-corrected chi connectivity index (χ3v) is 4.11. The van der Waals surface area contributed by atoms with Crippen LogP contribution in [0.4, 0.5) is 4.79 Å². The third kappa shape index (κ3) is 7.80. The summed E-state index contributed by atoms with van der Waals surface area (Å²) in [5.41, 5.74) is 1.58. The van der Waals surface area contributed by atoms with E-state index in [-0.39, 0.29) is 17.8 Å². The summed E-state index contributed by atoms with van der Waals surface area (Å²) in [6.45, 7) is 10.2. The molecule has 0 radical (unpaired) electrons. The van der Waals surface area contributed by atoms with Crippen LogP contribution in [0.25, 0.3) is 0 Å². The Balaban J connectivity index is 2.82. The fraction of sp³-hybridized carbons (Fsp3) is 0.684. The number of alkyl carbamates (subject to hydrolysis) is 1. The fourth-order valence-corrected chi connectivity index (χ4v) is 2.54. The summed E-state index contributed by atoms with van der Waals surface area (Å²) < 4.78 is 5.21. The molecule has 1 aliphatic heterocycles. The standard InChI is InChI=1S/C19H32N4O3/c1-7-13(2)15(11-14-9-8-10-21-16(14)24)12-22-17(20-6)23-18(25)26-19(3,4)5/h12,14H,7-11H2,1-6H3,(H,21,24)(H,20,23,25)/b15-13+,22-12-. The molecule has 7 nitrogen and oxygen atoms in total. The highest BCUT2D eigenvalue weighted by atomic mass is 16.6. The topological polar surface area (TPSA) is 92.2 Å². The van der Waals surface area contributed by atoms with E-state index in [2.05, 4.69) is 27.5 Å². The Morgan fingerprint density at radius 3 is 2.65 bits per heavy atom. The van der Waals surface area contributed by atoms with Crippen LogP contribution in [0.3, 0.4) is 0 Å². The van der Waals surface area contributed by atoms with Crippen LogP contribution in [0.5, 0.6) is 0 Å². The van der Waals surface area contributed by atoms with Crippen LogP contribution in [0, 0.1) is 5.92 Å². The number of rotatable bonds is 4. The van der Waals surface area contributed by atoms with Crippen LogP contribution in [-0.2, 0) is 9.53 Å². The van der Waals surface area contributed by atoms with Crippen molar-refractivity contribution in [2.24, 2.45) is 15.9 Å². The number of guanidine groups is 1. The Labute approximate surface area is 156 Å². The lowest BCUT2D eigenvalue weighted by molar-refractivity contribution is -0.126. The minimum absolute atomic E-state index is 0.0347. The molecule has 0 aromatic carbocycles. The van der Waals surface area contributed by atoms with E-state index in [1.54, 1.807) is 34.0 Å². The number of aliphatic imine (C=N–C) groups is 2. The maximum atomic E-state index is 12.0. The third-order valence-electron chi connectivity index (χ3n) is 4.11. The molecule has 146 valence electrons. The largest absolute Gasteiger partial charge is 0.444 e. The molecule has 2 N–H and O–H groups in total. The SMILES string of the molecule is CC/C(C)=C(/C=N\C(=NC)NC(=O)OC(C)(C)C)CC1CCCNC1=O. The van der Waals surface area contributed by atoms with E-state index in [1.807, 2.05) is 6.92 Å². The molecule has 1 unspecified atom stereocenters. The molecule has 0 spiro atoms. The van der Waals surface area contributed by atoms with E-state index in [0.717, 1.165) is 31.4 Å². The van der Waals surface area contributed by atoms with Gasteiger partial charge in [-0.15, -0.1) is 0 Å². The molecule has 0 aromatic heterocycles. The van der Waals surface area contributed by atoms with Crippen LogP contribution >= 0.6 is 0 Å². The van der Waals surface area contributed by atoms with Crippen molar-refractivity contribution in [3.05, 3.63) is 11.1 Å². The highest BCUT2D eigenvalue weighted by Crippen LogP contribution is 2.22. The van der Waals surface area contributed by atoms with Gasteiger partial charge in [-0.3, -0.25) is 15.1 Å². The fourth-order valence-electron chi connectivity index (χ4n) is 2.54. The molecule has 1 aliphatic rings. The number of piperidine rings is 1. The molecule has 0 aromatic rings. The summed E-state index contributed by atoms with van der Waals surface area (Å²) in [6.07, 6.45) is 4.48. The summed E-state index contributed by atoms with van der Waals surface area (Å²) >= 11 is 0. The summed E-state index contributed by atoms with van der Waals surface area (Å²) in [6, 6.07) is 0. The van der Waals surface area contributed by atoms with Gasteiger partial charge in [0.2, 0.25) is 11.9 Å². The van der Waals surface area contributed by atoms with Crippen molar-refractivity contribution in [2.75, 3.05) is 13.6 Å². The Bertz CT molecular complexity index is 600. The molecular weight excluding hydrogens is 332 g/mol. The number of nitrogens with zero attached hydrogens (tertiary/aromatic N) is 2. The van der Waals surface area contributed by atoms with E-state index in [9.17, 15) is 9.59 Å². The zero-order valence-electron chi connectivity index (χ0n) is 16.8. The molecule has 0 saturated carbocycles. The van der Waals surface area contributed by atoms with Crippen molar-refractivity contribution >= 4 is 24.2 Å². The average molecular weight is 364 g/mol. The Kier molecular flexibility index (Phi) is 8.48. The van der Waals surface area contributed by atoms with Crippen molar-refractivity contribution < 1.29 is 14.3 Å². The second kappa shape index (κ2) is 10.1. The first-order chi connectivity index (χ1) is 12.2. The molecule has 0 bridgehead atoms. The van der Waals surface area contributed by atoms with Crippen molar-refractivity contribution in [2.45, 2.75) is 65.9 Å². The highest BCUT2D eigenvalue weighted by molar-refractivity contribution is 6.00. The van der Waals surface area contributed by atoms with E-state index in [4.69, 9.17) is 4.74 Å². The molecule has 1 heterocycles. The first-order valence-electron chi connectivity index (χ1n) is 9.13. The minimum Gasteiger partial charge on any atom is -0.444 e. The molecular formula is C19H32N4O3. The first kappa shape index (κ1) is 21.9. The van der Waals surface area contributed by atoms with Gasteiger partial charge in [0.1, 0.15) is 5.60 Å². The van der Waals surface area contributed by atoms with Gasteiger partial charge in [0, 0.05) is 25.7 Å². The predicted molar refractivity (Wildman–Crippen MR) is 105 cm³/mol. The van der Waals surface area contributed by atoms with E-state index in [0.29, 0.717) is 6.42 Å². The van der Waals surface area contributed by atoms with Gasteiger partial charge in [0.15, 0.2) is 0 Å². The van der Waals surface area contributed by atoms with E-state index < -0.39 is 11.7 Å². The number of hydrogen-bond acceptors (Lipinski definition) is 4. The normalized spacial score (nSPS) is 19.8. The van der Waals surface area contributed by atoms with Crippen molar-refractivity contribution in [3.63, 3.8) is 0 Å². The summed E-state index contributed by atoms with van der Waals surface area (Å²) in [5, 5.41) is 5.45. The Morgan fingerprint density at radius 1 is 1.42 bits per heavy atom. The molecule has 1 rings (SSSR count). The first-order valence-corrected chi connectivity index (χ1v) is 9.13. The molecule has 2 amide bonds. The van der Waals surface area contributed by atoms with Gasteiger partial charge in [0.25, 0.3) is 0 Å². The Morgan fingerprint density at radius 2 is 2.12 bits per heavy atom. The molecule has 7 heteroatoms. The van der Waals surface area contributed by atoms with Crippen LogP contribution in [0.15, 0.2) is 21.1 Å². The maximum Gasteiger partial charge on any atom is 0.414 e. The smallest absolute Gasteiger partial charge is 0.414 e. The van der Waals surface area contributed by atoms with Crippen LogP contribution < -0.4 is 10.6 Å². The van der Waals surface area contributed by atoms with Crippen LogP contribution in [-0.4, -0.2) is 43.4 Å². The predicted octanol–water partition coefficient (Wildman–Crippen LogP) is 3.21. The van der Waals surface area contributed by atoms with Gasteiger partial charge in [-0.2, -0.15) is 0 Å². The average Bonchev–Trinajstić information content (AvgIpc) is 2.56. The molecule has 1 atom stereocenters. The lowest BCUT2D eigenvalue weighted by Crippen LogP contribution is -2.37. The van der Waals surface area contributed by atoms with Crippen molar-refractivity contribution in [3.8, 4) is 0 Å². The summed E-state index contributed by atoms with van der Waals surface area (Å²) in [5.74, 6) is 0.239. The van der Waals surface area contributed by atoms with Gasteiger partial charge in [-0.25, -0.2) is 9.79 Å². The van der Waals surface area contributed by atoms with Gasteiger partial charge >= 0.3 is 6.09 Å². The molecule has 0 aliphatic carbocycles. The number of hydrogen-bond donors (Lipinski definition) is 2. The number of ether oxygens (including phenoxy) is 1. The van der Waals surface area contributed by atoms with Gasteiger partial charge in [-0.1, -0.05) is 12.5 Å². The minimum atomic E-state index is -0.598. The van der Waals surface area contributed by atoms with Gasteiger partial charge in [-0.05, 0) is 59.0 Å². The van der Waals surface area contributed by atoms with E-state index >= 15 is 0 Å². The van der Waals surface area contributed by atoms with Crippen molar-refractivity contribution in [1.29, 1.82) is 0 Å². The highest BCUT2D eigenvalue weighted by Gasteiger charge is 2.23. The molecule has 1 fully saturated rings. The molecule has 1 saturated heterocycles. The van der Waals surface area contributed by atoms with Crippen LogP contribution in [0.1, 0.15) is 60.3 Å².